The van der Waals surface area contributed by atoms with Crippen LogP contribution in [-0.2, 0) is 15.9 Å². The molecule has 0 aliphatic carbocycles. The van der Waals surface area contributed by atoms with Crippen LogP contribution in [0, 0.1) is 0 Å². The second-order valence-electron chi connectivity index (χ2n) is 6.88. The summed E-state index contributed by atoms with van der Waals surface area (Å²) in [6, 6.07) is 10.7. The molecule has 0 atom stereocenters. The van der Waals surface area contributed by atoms with E-state index < -0.39 is 0 Å². The van der Waals surface area contributed by atoms with Gasteiger partial charge in [0.1, 0.15) is 0 Å². The van der Waals surface area contributed by atoms with Gasteiger partial charge in [-0.05, 0) is 31.2 Å². The summed E-state index contributed by atoms with van der Waals surface area (Å²) in [7, 11) is 3.59. The molecule has 1 rings (SSSR count). The summed E-state index contributed by atoms with van der Waals surface area (Å²) < 4.78 is 11.5. The lowest BCUT2D eigenvalue weighted by molar-refractivity contribution is -0.216. The Morgan fingerprint density at radius 1 is 0.708 bits per heavy atom. The molecule has 0 N–H and O–H groups in total. The predicted molar refractivity (Wildman–Crippen MR) is 103 cm³/mol. The summed E-state index contributed by atoms with van der Waals surface area (Å²) in [5, 5.41) is 0. The second-order valence-corrected chi connectivity index (χ2v) is 6.88. The number of rotatable bonds is 15. The van der Waals surface area contributed by atoms with Crippen LogP contribution in [0.15, 0.2) is 30.3 Å². The summed E-state index contributed by atoms with van der Waals surface area (Å²) in [6.07, 6.45) is 14.8. The highest BCUT2D eigenvalue weighted by Crippen LogP contribution is 2.27. The van der Waals surface area contributed by atoms with E-state index in [0.717, 1.165) is 25.7 Å². The molecule has 0 fully saturated rings. The van der Waals surface area contributed by atoms with Crippen molar-refractivity contribution in [2.45, 2.75) is 89.8 Å². The Morgan fingerprint density at radius 2 is 1.25 bits per heavy atom. The summed E-state index contributed by atoms with van der Waals surface area (Å²) in [5.41, 5.74) is 1.42. The van der Waals surface area contributed by atoms with Crippen molar-refractivity contribution in [3.8, 4) is 0 Å². The molecule has 1 aromatic carbocycles. The Labute approximate surface area is 149 Å². The fourth-order valence-corrected chi connectivity index (χ4v) is 3.34. The van der Waals surface area contributed by atoms with E-state index in [0.29, 0.717) is 0 Å². The van der Waals surface area contributed by atoms with Crippen molar-refractivity contribution < 1.29 is 9.47 Å². The van der Waals surface area contributed by atoms with Gasteiger partial charge in [0.25, 0.3) is 0 Å². The van der Waals surface area contributed by atoms with E-state index >= 15 is 0 Å². The van der Waals surface area contributed by atoms with Crippen LogP contribution >= 0.6 is 0 Å². The van der Waals surface area contributed by atoms with E-state index in [-0.39, 0.29) is 5.79 Å². The molecule has 1 aromatic rings. The molecule has 24 heavy (non-hydrogen) atoms. The maximum Gasteiger partial charge on any atom is 0.167 e. The monoisotopic (exact) mass is 334 g/mol. The van der Waals surface area contributed by atoms with Crippen molar-refractivity contribution >= 4 is 0 Å². The first-order chi connectivity index (χ1) is 11.8. The Hall–Kier alpha value is -0.860. The van der Waals surface area contributed by atoms with Gasteiger partial charge < -0.3 is 9.47 Å². The largest absolute Gasteiger partial charge is 0.353 e. The predicted octanol–water partition coefficient (Wildman–Crippen LogP) is 6.53. The van der Waals surface area contributed by atoms with Crippen LogP contribution in [0.25, 0.3) is 0 Å². The maximum absolute atomic E-state index is 5.76. The first kappa shape index (κ1) is 21.2. The van der Waals surface area contributed by atoms with Gasteiger partial charge >= 0.3 is 0 Å². The summed E-state index contributed by atoms with van der Waals surface area (Å²) >= 11 is 0. The molecule has 0 amide bonds. The second kappa shape index (κ2) is 13.4. The fraction of sp³-hybridized carbons (Fsp3) is 0.727. The standard InChI is InChI=1S/C22H38O2/c1-4-5-6-7-8-9-14-19-22(23-2,24-3)20-15-13-18-21-16-11-10-12-17-21/h10-12,16-17H,4-9,13-15,18-20H2,1-3H3. The molecule has 0 unspecified atom stereocenters. The van der Waals surface area contributed by atoms with Crippen molar-refractivity contribution in [2.75, 3.05) is 14.2 Å². The van der Waals surface area contributed by atoms with Crippen molar-refractivity contribution in [3.63, 3.8) is 0 Å². The van der Waals surface area contributed by atoms with Crippen LogP contribution in [0.1, 0.15) is 83.1 Å². The molecule has 0 aromatic heterocycles. The van der Waals surface area contributed by atoms with E-state index in [9.17, 15) is 0 Å². The molecule has 0 heterocycles. The third-order valence-corrected chi connectivity index (χ3v) is 5.02. The average Bonchev–Trinajstić information content (AvgIpc) is 2.64. The van der Waals surface area contributed by atoms with E-state index in [4.69, 9.17) is 9.47 Å². The van der Waals surface area contributed by atoms with E-state index in [2.05, 4.69) is 37.3 Å². The quantitative estimate of drug-likeness (QED) is 0.268. The van der Waals surface area contributed by atoms with E-state index in [1.807, 2.05) is 0 Å². The van der Waals surface area contributed by atoms with Gasteiger partial charge in [-0.1, -0.05) is 75.8 Å². The van der Waals surface area contributed by atoms with Gasteiger partial charge in [-0.25, -0.2) is 0 Å². The number of unbranched alkanes of at least 4 members (excludes halogenated alkanes) is 7. The number of ether oxygens (including phenoxy) is 2. The molecule has 0 saturated carbocycles. The van der Waals surface area contributed by atoms with Crippen molar-refractivity contribution in [1.29, 1.82) is 0 Å². The van der Waals surface area contributed by atoms with Crippen LogP contribution in [0.3, 0.4) is 0 Å². The van der Waals surface area contributed by atoms with Gasteiger partial charge in [-0.15, -0.1) is 0 Å². The first-order valence-corrected chi connectivity index (χ1v) is 9.90. The smallest absolute Gasteiger partial charge is 0.167 e. The summed E-state index contributed by atoms with van der Waals surface area (Å²) in [4.78, 5) is 0. The average molecular weight is 335 g/mol. The minimum Gasteiger partial charge on any atom is -0.353 e. The molecular formula is C22H38O2. The number of hydrogen-bond acceptors (Lipinski definition) is 2. The zero-order valence-electron chi connectivity index (χ0n) is 16.2. The van der Waals surface area contributed by atoms with Crippen LogP contribution in [0.4, 0.5) is 0 Å². The zero-order valence-corrected chi connectivity index (χ0v) is 16.2. The molecule has 0 aliphatic heterocycles. The fourth-order valence-electron chi connectivity index (χ4n) is 3.34. The van der Waals surface area contributed by atoms with Crippen molar-refractivity contribution in [2.24, 2.45) is 0 Å². The van der Waals surface area contributed by atoms with Gasteiger partial charge in [-0.3, -0.25) is 0 Å². The molecule has 0 saturated heterocycles. The Kier molecular flexibility index (Phi) is 11.9. The lowest BCUT2D eigenvalue weighted by Gasteiger charge is -2.31. The summed E-state index contributed by atoms with van der Waals surface area (Å²) in [5.74, 6) is -0.375. The van der Waals surface area contributed by atoms with Crippen LogP contribution < -0.4 is 0 Å². The Balaban J connectivity index is 2.20. The normalized spacial score (nSPS) is 11.8. The van der Waals surface area contributed by atoms with E-state index in [1.165, 1.54) is 56.9 Å². The molecule has 0 radical (unpaired) electrons. The third kappa shape index (κ3) is 8.84. The lowest BCUT2D eigenvalue weighted by atomic mass is 9.98. The third-order valence-electron chi connectivity index (χ3n) is 5.02. The van der Waals surface area contributed by atoms with Gasteiger partial charge in [0.05, 0.1) is 0 Å². The van der Waals surface area contributed by atoms with Gasteiger partial charge in [-0.2, -0.15) is 0 Å². The van der Waals surface area contributed by atoms with Gasteiger partial charge in [0, 0.05) is 27.1 Å². The van der Waals surface area contributed by atoms with Crippen LogP contribution in [0.5, 0.6) is 0 Å². The molecule has 0 bridgehead atoms. The molecule has 0 spiro atoms. The topological polar surface area (TPSA) is 18.5 Å². The lowest BCUT2D eigenvalue weighted by Crippen LogP contribution is -2.33. The molecule has 2 heteroatoms. The highest BCUT2D eigenvalue weighted by atomic mass is 16.7. The zero-order chi connectivity index (χ0) is 17.5. The Morgan fingerprint density at radius 3 is 1.83 bits per heavy atom. The van der Waals surface area contributed by atoms with Crippen molar-refractivity contribution in [1.82, 2.24) is 0 Å². The molecular weight excluding hydrogens is 296 g/mol. The minimum absolute atomic E-state index is 0.375. The summed E-state index contributed by atoms with van der Waals surface area (Å²) in [6.45, 7) is 2.27. The van der Waals surface area contributed by atoms with Crippen molar-refractivity contribution in [3.05, 3.63) is 35.9 Å². The number of hydrogen-bond donors (Lipinski definition) is 0. The molecule has 2 nitrogen and oxygen atoms in total. The van der Waals surface area contributed by atoms with Crippen LogP contribution in [-0.4, -0.2) is 20.0 Å². The number of benzene rings is 1. The number of methoxy groups -OCH3 is 2. The van der Waals surface area contributed by atoms with Gasteiger partial charge in [0.2, 0.25) is 0 Å². The van der Waals surface area contributed by atoms with Crippen LogP contribution in [0.2, 0.25) is 0 Å². The molecule has 138 valence electrons. The number of aryl methyl sites for hydroxylation is 1. The highest BCUT2D eigenvalue weighted by Gasteiger charge is 2.28. The first-order valence-electron chi connectivity index (χ1n) is 9.90. The molecule has 0 aliphatic rings. The maximum atomic E-state index is 5.76. The van der Waals surface area contributed by atoms with Gasteiger partial charge in [0.15, 0.2) is 5.79 Å². The highest BCUT2D eigenvalue weighted by molar-refractivity contribution is 5.14. The van der Waals surface area contributed by atoms with E-state index in [1.54, 1.807) is 14.2 Å². The Bertz CT molecular complexity index is 384. The minimum atomic E-state index is -0.375. The SMILES string of the molecule is CCCCCCCCCC(CCCCc1ccccc1)(OC)OC.